The molecule has 5 nitrogen and oxygen atoms in total. The van der Waals surface area contributed by atoms with Crippen molar-refractivity contribution in [1.82, 2.24) is 4.98 Å². The summed E-state index contributed by atoms with van der Waals surface area (Å²) in [4.78, 5) is 21.4. The van der Waals surface area contributed by atoms with Gasteiger partial charge < -0.3 is 10.4 Å². The Balaban J connectivity index is 1.67. The van der Waals surface area contributed by atoms with Gasteiger partial charge in [0.1, 0.15) is 11.7 Å². The number of aliphatic hydroxyl groups excluding tert-OH is 1. The quantitative estimate of drug-likeness (QED) is 0.684. The van der Waals surface area contributed by atoms with Crippen LogP contribution < -0.4 is 5.32 Å². The van der Waals surface area contributed by atoms with Crippen molar-refractivity contribution in [3.8, 4) is 11.1 Å². The molecule has 2 aromatic carbocycles. The number of aromatic nitrogens is 1. The molecule has 1 aromatic heterocycles. The third-order valence-corrected chi connectivity index (χ3v) is 4.62. The molecule has 0 bridgehead atoms. The van der Waals surface area contributed by atoms with Crippen molar-refractivity contribution in [1.29, 1.82) is 0 Å². The highest BCUT2D eigenvalue weighted by Crippen LogP contribution is 2.33. The zero-order valence-corrected chi connectivity index (χ0v) is 14.7. The van der Waals surface area contributed by atoms with Crippen LogP contribution in [0.25, 0.3) is 11.1 Å². The number of nitrogens with one attached hydrogen (secondary N) is 1. The van der Waals surface area contributed by atoms with Crippen LogP contribution in [0, 0.1) is 0 Å². The van der Waals surface area contributed by atoms with Crippen LogP contribution >= 0.6 is 0 Å². The molecule has 1 atom stereocenters. The van der Waals surface area contributed by atoms with Gasteiger partial charge in [-0.2, -0.15) is 0 Å². The number of carbonyl (C=O) groups is 1. The number of rotatable bonds is 5. The van der Waals surface area contributed by atoms with Crippen molar-refractivity contribution in [2.75, 3.05) is 11.9 Å². The fourth-order valence-corrected chi connectivity index (χ4v) is 3.22. The monoisotopic (exact) mass is 357 g/mol. The topological polar surface area (TPSA) is 74.6 Å². The first-order valence-corrected chi connectivity index (χ1v) is 8.85. The Morgan fingerprint density at radius 3 is 2.67 bits per heavy atom. The maximum absolute atomic E-state index is 12.4. The first-order chi connectivity index (χ1) is 13.3. The third kappa shape index (κ3) is 3.50. The molecule has 0 radical (unpaired) electrons. The number of aliphatic hydroxyl groups is 1. The Kier molecular flexibility index (Phi) is 4.77. The Hall–Kier alpha value is -3.31. The summed E-state index contributed by atoms with van der Waals surface area (Å²) in [6.45, 7) is 0.0592. The molecular weight excluding hydrogens is 338 g/mol. The summed E-state index contributed by atoms with van der Waals surface area (Å²) in [6.07, 6.45) is 3.96. The normalized spacial score (nSPS) is 15.7. The van der Waals surface area contributed by atoms with E-state index in [1.807, 2.05) is 60.7 Å². The van der Waals surface area contributed by atoms with Crippen LogP contribution in [0.2, 0.25) is 0 Å². The first kappa shape index (κ1) is 17.1. The van der Waals surface area contributed by atoms with Gasteiger partial charge in [-0.05, 0) is 29.7 Å². The average molecular weight is 357 g/mol. The van der Waals surface area contributed by atoms with Gasteiger partial charge >= 0.3 is 0 Å². The van der Waals surface area contributed by atoms with Crippen LogP contribution in [0.5, 0.6) is 0 Å². The number of amides is 1. The molecule has 1 aliphatic heterocycles. The Labute approximate surface area is 157 Å². The van der Waals surface area contributed by atoms with E-state index in [2.05, 4.69) is 15.3 Å². The Morgan fingerprint density at radius 1 is 1.07 bits per heavy atom. The number of aliphatic imine (C=N–C) groups is 1. The molecule has 2 heterocycles. The molecule has 4 rings (SSSR count). The second-order valence-corrected chi connectivity index (χ2v) is 6.38. The fraction of sp³-hybridized carbons (Fsp3) is 0.136. The van der Waals surface area contributed by atoms with Crippen LogP contribution in [-0.2, 0) is 11.2 Å². The number of hydrogen-bond acceptors (Lipinski definition) is 4. The van der Waals surface area contributed by atoms with Crippen LogP contribution in [0.4, 0.5) is 11.5 Å². The summed E-state index contributed by atoms with van der Waals surface area (Å²) in [5.74, 6) is -0.0378. The zero-order valence-electron chi connectivity index (χ0n) is 14.7. The summed E-state index contributed by atoms with van der Waals surface area (Å²) >= 11 is 0. The molecule has 134 valence electrons. The minimum Gasteiger partial charge on any atom is -0.396 e. The number of nitrogens with zero attached hydrogens (tertiary/aromatic N) is 2. The zero-order chi connectivity index (χ0) is 18.6. The van der Waals surface area contributed by atoms with Gasteiger partial charge in [0, 0.05) is 30.1 Å². The molecule has 0 saturated carbocycles. The molecule has 1 amide bonds. The van der Waals surface area contributed by atoms with E-state index in [9.17, 15) is 9.90 Å². The smallest absolute Gasteiger partial charge is 0.238 e. The van der Waals surface area contributed by atoms with Crippen molar-refractivity contribution in [3.05, 3.63) is 78.0 Å². The number of carbonyl (C=O) groups excluding carboxylic acids is 1. The van der Waals surface area contributed by atoms with Crippen molar-refractivity contribution < 1.29 is 9.90 Å². The fourth-order valence-electron chi connectivity index (χ4n) is 3.22. The van der Waals surface area contributed by atoms with E-state index in [0.717, 1.165) is 27.9 Å². The number of benzene rings is 2. The molecule has 2 N–H and O–H groups in total. The molecule has 27 heavy (non-hydrogen) atoms. The molecule has 0 aliphatic carbocycles. The predicted molar refractivity (Wildman–Crippen MR) is 106 cm³/mol. The highest BCUT2D eigenvalue weighted by Gasteiger charge is 2.30. The number of pyridine rings is 1. The van der Waals surface area contributed by atoms with Gasteiger partial charge in [-0.1, -0.05) is 48.5 Å². The highest BCUT2D eigenvalue weighted by atomic mass is 16.3. The van der Waals surface area contributed by atoms with E-state index in [1.165, 1.54) is 0 Å². The van der Waals surface area contributed by atoms with Crippen LogP contribution in [0.3, 0.4) is 0 Å². The van der Waals surface area contributed by atoms with Crippen molar-refractivity contribution in [3.63, 3.8) is 0 Å². The summed E-state index contributed by atoms with van der Waals surface area (Å²) in [7, 11) is 0. The minimum absolute atomic E-state index is 0.0592. The van der Waals surface area contributed by atoms with Crippen molar-refractivity contribution in [2.45, 2.75) is 12.3 Å². The van der Waals surface area contributed by atoms with Crippen molar-refractivity contribution >= 4 is 23.6 Å². The van der Waals surface area contributed by atoms with Gasteiger partial charge in [0.05, 0.1) is 5.69 Å². The lowest BCUT2D eigenvalue weighted by Gasteiger charge is -2.07. The van der Waals surface area contributed by atoms with E-state index in [-0.39, 0.29) is 12.5 Å². The van der Waals surface area contributed by atoms with E-state index in [4.69, 9.17) is 0 Å². The molecule has 1 unspecified atom stereocenters. The highest BCUT2D eigenvalue weighted by molar-refractivity contribution is 6.12. The first-order valence-electron chi connectivity index (χ1n) is 8.85. The minimum atomic E-state index is -0.488. The third-order valence-electron chi connectivity index (χ3n) is 4.62. The second kappa shape index (κ2) is 7.51. The van der Waals surface area contributed by atoms with Gasteiger partial charge in [0.2, 0.25) is 5.91 Å². The number of fused-ring (bicyclic) bond motifs is 1. The molecule has 0 saturated heterocycles. The number of para-hydroxylation sites is 1. The lowest BCUT2D eigenvalue weighted by atomic mass is 9.99. The lowest BCUT2D eigenvalue weighted by molar-refractivity contribution is -0.115. The Bertz CT molecular complexity index is 999. The maximum atomic E-state index is 12.4. The van der Waals surface area contributed by atoms with E-state index in [1.54, 1.807) is 12.4 Å². The number of hydrogen-bond donors (Lipinski definition) is 2. The molecule has 0 fully saturated rings. The van der Waals surface area contributed by atoms with E-state index >= 15 is 0 Å². The molecule has 1 aliphatic rings. The van der Waals surface area contributed by atoms with Crippen molar-refractivity contribution in [2.24, 2.45) is 4.99 Å². The van der Waals surface area contributed by atoms with Crippen LogP contribution in [-0.4, -0.2) is 28.8 Å². The van der Waals surface area contributed by atoms with Gasteiger partial charge in [-0.3, -0.25) is 9.79 Å². The summed E-state index contributed by atoms with van der Waals surface area (Å²) < 4.78 is 0. The van der Waals surface area contributed by atoms with E-state index in [0.29, 0.717) is 12.2 Å². The molecule has 0 spiro atoms. The SMILES string of the molecule is O=C1Nc2ncc(-c3ccccc3)cc2C1C=Nc1ccccc1CCO. The summed E-state index contributed by atoms with van der Waals surface area (Å²) in [5.41, 5.74) is 4.55. The largest absolute Gasteiger partial charge is 0.396 e. The van der Waals surface area contributed by atoms with E-state index < -0.39 is 5.92 Å². The molecule has 3 aromatic rings. The Morgan fingerprint density at radius 2 is 1.85 bits per heavy atom. The van der Waals surface area contributed by atoms with Gasteiger partial charge in [-0.15, -0.1) is 0 Å². The van der Waals surface area contributed by atoms with Gasteiger partial charge in [0.15, 0.2) is 0 Å². The average Bonchev–Trinajstić information content (AvgIpc) is 3.02. The van der Waals surface area contributed by atoms with Crippen LogP contribution in [0.1, 0.15) is 17.0 Å². The molecule has 5 heteroatoms. The number of anilines is 1. The van der Waals surface area contributed by atoms with Gasteiger partial charge in [0.25, 0.3) is 0 Å². The summed E-state index contributed by atoms with van der Waals surface area (Å²) in [5, 5.41) is 12.0. The molecular formula is C22H19N3O2. The van der Waals surface area contributed by atoms with Crippen LogP contribution in [0.15, 0.2) is 71.9 Å². The predicted octanol–water partition coefficient (Wildman–Crippen LogP) is 3.72. The second-order valence-electron chi connectivity index (χ2n) is 6.38. The standard InChI is InChI=1S/C22H19N3O2/c26-11-10-16-8-4-5-9-20(16)23-14-19-18-12-17(15-6-2-1-3-7-15)13-24-21(18)25-22(19)27/h1-9,12-14,19,26H,10-11H2,(H,24,25,27). The summed E-state index contributed by atoms with van der Waals surface area (Å²) in [6, 6.07) is 19.6. The van der Waals surface area contributed by atoms with Gasteiger partial charge in [-0.25, -0.2) is 4.98 Å². The maximum Gasteiger partial charge on any atom is 0.238 e. The lowest BCUT2D eigenvalue weighted by Crippen LogP contribution is -2.13.